The molecule has 0 bridgehead atoms. The topological polar surface area (TPSA) is 16.3 Å². The summed E-state index contributed by atoms with van der Waals surface area (Å²) in [4.78, 5) is 5.50. The highest BCUT2D eigenvalue weighted by atomic mass is 15.2. The van der Waals surface area contributed by atoms with Gasteiger partial charge in [0.25, 0.3) is 6.71 Å². The second kappa shape index (κ2) is 25.8. The number of anilines is 6. The van der Waals surface area contributed by atoms with Crippen LogP contribution in [-0.4, -0.2) is 15.8 Å². The highest BCUT2D eigenvalue weighted by Gasteiger charge is 2.47. The number of rotatable bonds is 9. The summed E-state index contributed by atoms with van der Waals surface area (Å²) < 4.78 is 5.09. The molecule has 5 heteroatoms. The van der Waals surface area contributed by atoms with Crippen LogP contribution in [0, 0.1) is 0 Å². The molecule has 0 saturated heterocycles. The number of nitrogens with zero attached hydrogens (tertiary/aromatic N) is 4. The Kier molecular flexibility index (Phi) is 15.7. The zero-order valence-electron chi connectivity index (χ0n) is 67.6. The van der Waals surface area contributed by atoms with Crippen LogP contribution in [0.15, 0.2) is 334 Å². The first-order chi connectivity index (χ1) is 55.6. The first kappa shape index (κ1) is 69.9. The Morgan fingerprint density at radius 1 is 0.226 bits per heavy atom. The van der Waals surface area contributed by atoms with Gasteiger partial charge in [0, 0.05) is 72.2 Å². The fourth-order valence-corrected chi connectivity index (χ4v) is 19.3. The lowest BCUT2D eigenvalue weighted by atomic mass is 9.33. The maximum Gasteiger partial charge on any atom is 0.252 e. The zero-order chi connectivity index (χ0) is 78.3. The molecule has 0 saturated carbocycles. The van der Waals surface area contributed by atoms with Gasteiger partial charge in [-0.05, 0) is 217 Å². The van der Waals surface area contributed by atoms with Crippen LogP contribution in [0.1, 0.15) is 105 Å². The Balaban J connectivity index is 0.984. The van der Waals surface area contributed by atoms with Gasteiger partial charge in [0.15, 0.2) is 0 Å². The predicted molar refractivity (Wildman–Crippen MR) is 495 cm³/mol. The lowest BCUT2D eigenvalue weighted by molar-refractivity contribution is 0.590. The first-order valence-electron chi connectivity index (χ1n) is 41.0. The van der Waals surface area contributed by atoms with Gasteiger partial charge in [0.05, 0.1) is 39.1 Å². The molecule has 4 nitrogen and oxygen atoms in total. The molecule has 554 valence electrons. The standard InChI is InChI=1S/C110H91BN4/c1-107(2,3)76-55-73-49-50-74-56-77(108(4,5)6)64-91-86(58-75(57-76)102(73)103(74)91)72-51-54-98-93(59-72)111-92-53-52-80(112-94-45-29-25-41-82(94)83-42-26-30-46-95(83)112)65-99(92)115(106-89(70-37-21-15-22-38-70)62-79(110(10,11)12)63-90(106)71-39-23-16-24-40-71)101-67-81(113-96-47-31-27-43-84(96)85-44-28-32-48-97(85)113)66-100(104(101)111)114(98)105-87(68-33-17-13-18-34-68)60-78(109(7,8)9)61-88(105)69-35-19-14-20-36-69/h13-67H,1-12H3. The number of hydrogen-bond acceptors (Lipinski definition) is 2. The minimum atomic E-state index is -0.335. The summed E-state index contributed by atoms with van der Waals surface area (Å²) in [6.07, 6.45) is 0. The van der Waals surface area contributed by atoms with Gasteiger partial charge in [0.2, 0.25) is 0 Å². The van der Waals surface area contributed by atoms with E-state index in [0.29, 0.717) is 0 Å². The Morgan fingerprint density at radius 3 is 1.01 bits per heavy atom. The van der Waals surface area contributed by atoms with Crippen LogP contribution in [0.25, 0.3) is 143 Å². The molecular formula is C110H91BN4. The van der Waals surface area contributed by atoms with Crippen molar-refractivity contribution in [3.63, 3.8) is 0 Å². The molecule has 0 N–H and O–H groups in total. The van der Waals surface area contributed by atoms with Crippen molar-refractivity contribution in [2.45, 2.75) is 105 Å². The van der Waals surface area contributed by atoms with Crippen LogP contribution in [0.2, 0.25) is 0 Å². The summed E-state index contributed by atoms with van der Waals surface area (Å²) in [6.45, 7) is 28.0. The summed E-state index contributed by atoms with van der Waals surface area (Å²) >= 11 is 0. The fourth-order valence-electron chi connectivity index (χ4n) is 19.3. The predicted octanol–water partition coefficient (Wildman–Crippen LogP) is 28.4. The van der Waals surface area contributed by atoms with E-state index >= 15 is 0 Å². The fraction of sp³-hybridized carbons (Fsp3) is 0.145. The molecule has 2 aliphatic heterocycles. The molecule has 17 aromatic carbocycles. The lowest BCUT2D eigenvalue weighted by Gasteiger charge is -2.46. The maximum absolute atomic E-state index is 2.76. The Hall–Kier alpha value is -13.0. The Bertz CT molecular complexity index is 6950. The smallest absolute Gasteiger partial charge is 0.252 e. The summed E-state index contributed by atoms with van der Waals surface area (Å²) in [7, 11) is 0. The van der Waals surface area contributed by atoms with E-state index in [1.807, 2.05) is 0 Å². The van der Waals surface area contributed by atoms with Crippen molar-refractivity contribution in [1.82, 2.24) is 9.13 Å². The minimum Gasteiger partial charge on any atom is -0.310 e. The Labute approximate surface area is 675 Å². The van der Waals surface area contributed by atoms with Gasteiger partial charge < -0.3 is 18.9 Å². The van der Waals surface area contributed by atoms with Crippen LogP contribution in [-0.2, 0) is 21.7 Å². The molecule has 115 heavy (non-hydrogen) atoms. The number of hydrogen-bond donors (Lipinski definition) is 0. The molecule has 4 heterocycles. The second-order valence-electron chi connectivity index (χ2n) is 36.5. The van der Waals surface area contributed by atoms with E-state index in [-0.39, 0.29) is 28.4 Å². The quantitative estimate of drug-likeness (QED) is 0.106. The molecular weight excluding hydrogens is 1390 g/mol. The minimum absolute atomic E-state index is 0.0872. The molecule has 0 amide bonds. The van der Waals surface area contributed by atoms with E-state index in [1.54, 1.807) is 0 Å². The zero-order valence-corrected chi connectivity index (χ0v) is 67.6. The molecule has 0 atom stereocenters. The van der Waals surface area contributed by atoms with Gasteiger partial charge in [-0.15, -0.1) is 0 Å². The molecule has 19 aromatic rings. The summed E-state index contributed by atoms with van der Waals surface area (Å²) in [5, 5.41) is 12.6. The first-order valence-corrected chi connectivity index (χ1v) is 41.0. The Morgan fingerprint density at radius 2 is 0.583 bits per heavy atom. The van der Waals surface area contributed by atoms with Gasteiger partial charge in [-0.1, -0.05) is 326 Å². The van der Waals surface area contributed by atoms with E-state index in [4.69, 9.17) is 0 Å². The summed E-state index contributed by atoms with van der Waals surface area (Å²) in [6, 6.07) is 129. The largest absolute Gasteiger partial charge is 0.310 e. The molecule has 0 fully saturated rings. The molecule has 0 radical (unpaired) electrons. The highest BCUT2D eigenvalue weighted by Crippen LogP contribution is 2.57. The van der Waals surface area contributed by atoms with Crippen LogP contribution in [0.5, 0.6) is 0 Å². The average Bonchev–Trinajstić information content (AvgIpc) is 1.31. The van der Waals surface area contributed by atoms with Gasteiger partial charge in [-0.25, -0.2) is 0 Å². The van der Waals surface area contributed by atoms with Crippen molar-refractivity contribution in [1.29, 1.82) is 0 Å². The number of para-hydroxylation sites is 4. The third-order valence-corrected chi connectivity index (χ3v) is 25.1. The van der Waals surface area contributed by atoms with E-state index in [2.05, 4.69) is 436 Å². The number of benzene rings is 17. The average molecular weight is 1480 g/mol. The highest BCUT2D eigenvalue weighted by molar-refractivity contribution is 7.00. The van der Waals surface area contributed by atoms with E-state index in [0.717, 1.165) is 112 Å². The summed E-state index contributed by atoms with van der Waals surface area (Å²) in [5.41, 5.74) is 33.2. The molecule has 0 spiro atoms. The SMILES string of the molecule is CC(C)(C)c1cc(-c2ccccc2)c(N2c3ccc(-c4cc5cc(C(C)(C)C)cc6ccc7cc(C(C)(C)C)cc4c7c65)cc3B3c4ccc(-n5c6ccccc6c6ccccc65)cc4N(c4c(-c5ccccc5)cc(C(C)(C)C)cc4-c4ccccc4)c4cc(-n5c6ccccc6c6ccccc65)cc2c43)c(-c2ccccc2)c1. The van der Waals surface area contributed by atoms with Crippen LogP contribution < -0.4 is 26.2 Å². The van der Waals surface area contributed by atoms with Crippen molar-refractivity contribution >= 4 is 133 Å². The van der Waals surface area contributed by atoms with Gasteiger partial charge >= 0.3 is 0 Å². The summed E-state index contributed by atoms with van der Waals surface area (Å²) in [5.74, 6) is 0. The molecule has 0 unspecified atom stereocenters. The van der Waals surface area contributed by atoms with Crippen LogP contribution in [0.4, 0.5) is 34.1 Å². The third-order valence-electron chi connectivity index (χ3n) is 25.1. The van der Waals surface area contributed by atoms with Gasteiger partial charge in [0.1, 0.15) is 0 Å². The molecule has 2 aromatic heterocycles. The van der Waals surface area contributed by atoms with E-state index in [1.165, 1.54) is 104 Å². The number of aromatic nitrogens is 2. The van der Waals surface area contributed by atoms with Crippen molar-refractivity contribution in [3.8, 4) is 67.0 Å². The normalized spacial score (nSPS) is 13.2. The third kappa shape index (κ3) is 11.2. The van der Waals surface area contributed by atoms with Gasteiger partial charge in [-0.3, -0.25) is 0 Å². The number of fused-ring (bicyclic) bond motifs is 10. The molecule has 0 aliphatic carbocycles. The van der Waals surface area contributed by atoms with Crippen molar-refractivity contribution in [2.75, 3.05) is 9.80 Å². The van der Waals surface area contributed by atoms with Crippen LogP contribution >= 0.6 is 0 Å². The maximum atomic E-state index is 2.76. The second-order valence-corrected chi connectivity index (χ2v) is 36.5. The monoisotopic (exact) mass is 1480 g/mol. The van der Waals surface area contributed by atoms with Crippen molar-refractivity contribution in [3.05, 3.63) is 356 Å². The van der Waals surface area contributed by atoms with Crippen molar-refractivity contribution < 1.29 is 0 Å². The lowest BCUT2D eigenvalue weighted by Crippen LogP contribution is -2.61. The van der Waals surface area contributed by atoms with E-state index in [9.17, 15) is 0 Å². The van der Waals surface area contributed by atoms with Gasteiger partial charge in [-0.2, -0.15) is 0 Å². The van der Waals surface area contributed by atoms with Crippen molar-refractivity contribution in [2.24, 2.45) is 0 Å². The van der Waals surface area contributed by atoms with E-state index < -0.39 is 0 Å². The molecule has 21 rings (SSSR count). The molecule has 2 aliphatic rings. The van der Waals surface area contributed by atoms with Crippen LogP contribution in [0.3, 0.4) is 0 Å².